The summed E-state index contributed by atoms with van der Waals surface area (Å²) < 4.78 is 18.1. The van der Waals surface area contributed by atoms with Gasteiger partial charge in [-0.3, -0.25) is 0 Å². The lowest BCUT2D eigenvalue weighted by Crippen LogP contribution is -2.61. The highest BCUT2D eigenvalue weighted by Crippen LogP contribution is 2.41. The Morgan fingerprint density at radius 2 is 0.837 bits per heavy atom. The van der Waals surface area contributed by atoms with Crippen molar-refractivity contribution in [2.24, 2.45) is 0 Å². The van der Waals surface area contributed by atoms with E-state index in [4.69, 9.17) is 14.2 Å². The monoisotopic (exact) mass is 699 g/mol. The average Bonchev–Trinajstić information content (AvgIpc) is 2.88. The molecule has 292 valence electrons. The van der Waals surface area contributed by atoms with E-state index in [1.165, 1.54) is 15.2 Å². The summed E-state index contributed by atoms with van der Waals surface area (Å²) in [5.41, 5.74) is -1.77. The third-order valence-corrected chi connectivity index (χ3v) is 10.8. The Morgan fingerprint density at radius 1 is 0.592 bits per heavy atom. The Balaban J connectivity index is 0.000000368. The Morgan fingerprint density at radius 3 is 1.06 bits per heavy atom. The van der Waals surface area contributed by atoms with Gasteiger partial charge in [-0.2, -0.15) is 10.1 Å². The summed E-state index contributed by atoms with van der Waals surface area (Å²) in [6.07, 6.45) is 7.56. The molecule has 3 heterocycles. The van der Waals surface area contributed by atoms with Crippen LogP contribution in [-0.2, 0) is 14.2 Å². The molecule has 2 N–H and O–H groups in total. The zero-order chi connectivity index (χ0) is 38.8. The first kappa shape index (κ1) is 46.2. The van der Waals surface area contributed by atoms with Crippen LogP contribution in [0.3, 0.4) is 0 Å². The minimum absolute atomic E-state index is 0.0749. The molecule has 9 nitrogen and oxygen atoms in total. The van der Waals surface area contributed by atoms with Crippen LogP contribution in [0.5, 0.6) is 0 Å². The van der Waals surface area contributed by atoms with E-state index < -0.39 is 0 Å². The Hall–Kier alpha value is -0.780. The molecule has 0 aromatic rings. The summed E-state index contributed by atoms with van der Waals surface area (Å²) >= 11 is 0. The summed E-state index contributed by atoms with van der Waals surface area (Å²) in [7, 11) is 0. The molecule has 3 saturated heterocycles. The van der Waals surface area contributed by atoms with Gasteiger partial charge in [0.25, 0.3) is 0 Å². The lowest BCUT2D eigenvalue weighted by atomic mass is 9.80. The van der Waals surface area contributed by atoms with Crippen LogP contribution in [0.25, 0.3) is 0 Å². The molecule has 0 saturated carbocycles. The van der Waals surface area contributed by atoms with Crippen LogP contribution in [0.1, 0.15) is 183 Å². The molecule has 49 heavy (non-hydrogen) atoms. The van der Waals surface area contributed by atoms with E-state index in [2.05, 4.69) is 104 Å². The normalized spacial score (nSPS) is 26.2. The smallest absolute Gasteiger partial charge is 0.102 e. The van der Waals surface area contributed by atoms with Gasteiger partial charge in [-0.15, -0.1) is 0 Å². The fraction of sp³-hybridized carbons (Fsp3) is 0.950. The second kappa shape index (κ2) is 16.1. The summed E-state index contributed by atoms with van der Waals surface area (Å²) in [6, 6.07) is 0. The Bertz CT molecular complexity index is 949. The Kier molecular flexibility index (Phi) is 15.2. The van der Waals surface area contributed by atoms with Crippen LogP contribution in [0.2, 0.25) is 0 Å². The third-order valence-electron chi connectivity index (χ3n) is 10.8. The molecule has 9 heteroatoms. The molecule has 0 aromatic heterocycles. The second-order valence-corrected chi connectivity index (χ2v) is 20.2. The molecule has 0 atom stereocenters. The van der Waals surface area contributed by atoms with Crippen LogP contribution in [0, 0.1) is 5.21 Å². The van der Waals surface area contributed by atoms with Crippen molar-refractivity contribution in [1.82, 2.24) is 15.2 Å². The van der Waals surface area contributed by atoms with Crippen LogP contribution >= 0.6 is 0 Å². The fourth-order valence-electron chi connectivity index (χ4n) is 8.13. The lowest BCUT2D eigenvalue weighted by molar-refractivity contribution is -0.269. The standard InChI is InChI=1S/2C14H29NO2.C12H22NO2/c2*1-8-14(6,7)17-11-9-12(2,3)15(16)13(4,5)10-11;1-9(2)15-10-7-11(3,4)13(14)12(5,6)8-10/h2*11,16H,8-10H2,1-7H3;10H,1,7-8H2,2-6H3/q;;-1. The number of allylic oxidation sites excluding steroid dienone is 1. The number of hydrogen-bond acceptors (Lipinski definition) is 9. The summed E-state index contributed by atoms with van der Waals surface area (Å²) in [5, 5.41) is 36.7. The van der Waals surface area contributed by atoms with Gasteiger partial charge in [0, 0.05) is 46.1 Å². The second-order valence-electron chi connectivity index (χ2n) is 20.2. The predicted octanol–water partition coefficient (Wildman–Crippen LogP) is 10.3. The maximum absolute atomic E-state index is 12.0. The number of hydrogen-bond donors (Lipinski definition) is 2. The largest absolute Gasteiger partial charge is 0.784 e. The van der Waals surface area contributed by atoms with Gasteiger partial charge in [-0.1, -0.05) is 20.4 Å². The van der Waals surface area contributed by atoms with Gasteiger partial charge in [0.2, 0.25) is 0 Å². The zero-order valence-electron chi connectivity index (χ0n) is 35.5. The van der Waals surface area contributed by atoms with Crippen molar-refractivity contribution in [3.8, 4) is 0 Å². The van der Waals surface area contributed by atoms with Gasteiger partial charge < -0.3 is 34.9 Å². The lowest BCUT2D eigenvalue weighted by Gasteiger charge is -2.59. The fourth-order valence-corrected chi connectivity index (χ4v) is 8.13. The number of hydroxylamine groups is 6. The maximum atomic E-state index is 12.0. The van der Waals surface area contributed by atoms with Crippen LogP contribution in [0.15, 0.2) is 12.3 Å². The van der Waals surface area contributed by atoms with E-state index in [9.17, 15) is 15.6 Å². The number of rotatable bonds is 8. The predicted molar refractivity (Wildman–Crippen MR) is 203 cm³/mol. The third kappa shape index (κ3) is 13.3. The first-order valence-electron chi connectivity index (χ1n) is 18.8. The average molecular weight is 699 g/mol. The van der Waals surface area contributed by atoms with Gasteiger partial charge in [0.05, 0.1) is 29.2 Å². The van der Waals surface area contributed by atoms with Crippen molar-refractivity contribution >= 4 is 0 Å². The SMILES string of the molecule is C=C(C)OC1CC(C)(C)N([O-])C(C)(C)C1.CCC(C)(C)OC1CC(C)(C)N(O)C(C)(C)C1.CCC(C)(C)OC1CC(C)(C)N(O)C(C)(C)C1. The molecule has 0 amide bonds. The van der Waals surface area contributed by atoms with Crippen molar-refractivity contribution < 1.29 is 24.6 Å². The highest BCUT2D eigenvalue weighted by Gasteiger charge is 2.48. The molecule has 0 aliphatic carbocycles. The molecule has 0 spiro atoms. The number of piperidine rings is 3. The van der Waals surface area contributed by atoms with Gasteiger partial charge in [0.1, 0.15) is 6.10 Å². The van der Waals surface area contributed by atoms with E-state index >= 15 is 0 Å². The van der Waals surface area contributed by atoms with Gasteiger partial charge in [-0.05, 0) is 156 Å². The zero-order valence-corrected chi connectivity index (χ0v) is 35.5. The summed E-state index contributed by atoms with van der Waals surface area (Å²) in [4.78, 5) is 0. The quantitative estimate of drug-likeness (QED) is 0.240. The van der Waals surface area contributed by atoms with Gasteiger partial charge in [0.15, 0.2) is 0 Å². The van der Waals surface area contributed by atoms with E-state index in [0.717, 1.165) is 57.1 Å². The highest BCUT2D eigenvalue weighted by molar-refractivity contribution is 5.02. The summed E-state index contributed by atoms with van der Waals surface area (Å²) in [6.45, 7) is 42.9. The first-order valence-corrected chi connectivity index (χ1v) is 18.8. The molecule has 0 unspecified atom stereocenters. The van der Waals surface area contributed by atoms with E-state index in [1.54, 1.807) is 0 Å². The van der Waals surface area contributed by atoms with Crippen LogP contribution in [-0.4, -0.2) is 88.4 Å². The van der Waals surface area contributed by atoms with Crippen molar-refractivity contribution in [1.29, 1.82) is 0 Å². The summed E-state index contributed by atoms with van der Waals surface area (Å²) in [5.74, 6) is 0.728. The van der Waals surface area contributed by atoms with Crippen molar-refractivity contribution in [2.75, 3.05) is 0 Å². The van der Waals surface area contributed by atoms with Crippen molar-refractivity contribution in [3.63, 3.8) is 0 Å². The number of nitrogens with zero attached hydrogens (tertiary/aromatic N) is 3. The molecule has 3 fully saturated rings. The van der Waals surface area contributed by atoms with E-state index in [1.807, 2.05) is 34.6 Å². The molecule has 3 rings (SSSR count). The maximum Gasteiger partial charge on any atom is 0.102 e. The molecule has 3 aliphatic heterocycles. The van der Waals surface area contributed by atoms with Crippen LogP contribution < -0.4 is 0 Å². The van der Waals surface area contributed by atoms with Crippen LogP contribution in [0.4, 0.5) is 0 Å². The highest BCUT2D eigenvalue weighted by atomic mass is 16.5. The van der Waals surface area contributed by atoms with Gasteiger partial charge in [-0.25, -0.2) is 0 Å². The Labute approximate surface area is 302 Å². The molecule has 0 aromatic carbocycles. The minimum Gasteiger partial charge on any atom is -0.784 e. The molecular weight excluding hydrogens is 618 g/mol. The minimum atomic E-state index is -0.359. The number of ether oxygens (including phenoxy) is 3. The molecular formula is C40H80N3O6-. The molecule has 3 aliphatic rings. The molecule has 0 bridgehead atoms. The topological polar surface area (TPSA) is 101 Å². The van der Waals surface area contributed by atoms with E-state index in [-0.39, 0.29) is 62.7 Å². The van der Waals surface area contributed by atoms with Crippen molar-refractivity contribution in [3.05, 3.63) is 17.5 Å². The van der Waals surface area contributed by atoms with Crippen molar-refractivity contribution in [2.45, 2.75) is 246 Å². The van der Waals surface area contributed by atoms with E-state index in [0.29, 0.717) is 0 Å². The first-order chi connectivity index (χ1) is 21.7. The molecule has 0 radical (unpaired) electrons. The van der Waals surface area contributed by atoms with Gasteiger partial charge >= 0.3 is 0 Å².